The quantitative estimate of drug-likeness (QED) is 0.758. The van der Waals surface area contributed by atoms with Crippen LogP contribution in [0.4, 0.5) is 5.69 Å². The van der Waals surface area contributed by atoms with Crippen molar-refractivity contribution in [3.05, 3.63) is 30.3 Å². The Morgan fingerprint density at radius 1 is 1.04 bits per heavy atom. The van der Waals surface area contributed by atoms with Gasteiger partial charge in [-0.2, -0.15) is 0 Å². The predicted octanol–water partition coefficient (Wildman–Crippen LogP) is 1.63. The number of rotatable bonds is 7. The Bertz CT molecular complexity index is 686. The molecule has 2 aliphatic heterocycles. The van der Waals surface area contributed by atoms with Crippen LogP contribution in [0.1, 0.15) is 38.5 Å². The van der Waals surface area contributed by atoms with Crippen molar-refractivity contribution in [2.75, 3.05) is 31.1 Å². The van der Waals surface area contributed by atoms with Crippen LogP contribution in [0, 0.1) is 0 Å². The second kappa shape index (κ2) is 8.41. The molecule has 3 rings (SSSR count). The lowest BCUT2D eigenvalue weighted by Gasteiger charge is -2.37. The largest absolute Gasteiger partial charge is 0.481 e. The number of carbonyl (C=O) groups is 3. The van der Waals surface area contributed by atoms with Crippen molar-refractivity contribution < 1.29 is 19.5 Å². The molecule has 0 bridgehead atoms. The van der Waals surface area contributed by atoms with Gasteiger partial charge >= 0.3 is 5.97 Å². The monoisotopic (exact) mass is 373 g/mol. The van der Waals surface area contributed by atoms with Crippen LogP contribution in [0.25, 0.3) is 0 Å². The van der Waals surface area contributed by atoms with Gasteiger partial charge in [0.15, 0.2) is 0 Å². The van der Waals surface area contributed by atoms with Gasteiger partial charge < -0.3 is 20.2 Å². The summed E-state index contributed by atoms with van der Waals surface area (Å²) in [6.07, 6.45) is 2.24. The Kier molecular flexibility index (Phi) is 5.98. The summed E-state index contributed by atoms with van der Waals surface area (Å²) in [6, 6.07) is 10.2. The zero-order valence-electron chi connectivity index (χ0n) is 15.5. The van der Waals surface area contributed by atoms with Crippen LogP contribution in [0.2, 0.25) is 0 Å². The molecule has 7 nitrogen and oxygen atoms in total. The SMILES string of the molecule is O=C(O)CC[C@]1(CCC(=O)N2CCN(c3ccccc3)CC2)CCC(=O)N1. The number of amides is 2. The zero-order chi connectivity index (χ0) is 19.3. The maximum atomic E-state index is 12.6. The Morgan fingerprint density at radius 3 is 2.30 bits per heavy atom. The topological polar surface area (TPSA) is 90.0 Å². The molecule has 2 saturated heterocycles. The molecule has 0 saturated carbocycles. The molecule has 0 aromatic heterocycles. The smallest absolute Gasteiger partial charge is 0.303 e. The highest BCUT2D eigenvalue weighted by molar-refractivity contribution is 5.80. The van der Waals surface area contributed by atoms with E-state index in [1.54, 1.807) is 0 Å². The van der Waals surface area contributed by atoms with E-state index in [1.165, 1.54) is 5.69 Å². The van der Waals surface area contributed by atoms with E-state index in [2.05, 4.69) is 22.3 Å². The molecule has 2 fully saturated rings. The van der Waals surface area contributed by atoms with Crippen LogP contribution in [0.3, 0.4) is 0 Å². The molecule has 2 N–H and O–H groups in total. The van der Waals surface area contributed by atoms with Crippen LogP contribution in [-0.4, -0.2) is 59.5 Å². The molecule has 7 heteroatoms. The van der Waals surface area contributed by atoms with Gasteiger partial charge in [0.1, 0.15) is 0 Å². The number of hydrogen-bond donors (Lipinski definition) is 2. The van der Waals surface area contributed by atoms with Crippen molar-refractivity contribution in [3.8, 4) is 0 Å². The number of benzene rings is 1. The molecule has 0 spiro atoms. The molecule has 146 valence electrons. The van der Waals surface area contributed by atoms with E-state index in [1.807, 2.05) is 23.1 Å². The van der Waals surface area contributed by atoms with Crippen LogP contribution < -0.4 is 10.2 Å². The lowest BCUT2D eigenvalue weighted by Crippen LogP contribution is -2.49. The highest BCUT2D eigenvalue weighted by Gasteiger charge is 2.38. The van der Waals surface area contributed by atoms with Crippen molar-refractivity contribution in [1.82, 2.24) is 10.2 Å². The Labute approximate surface area is 159 Å². The van der Waals surface area contributed by atoms with E-state index >= 15 is 0 Å². The fraction of sp³-hybridized carbons (Fsp3) is 0.550. The Hall–Kier alpha value is -2.57. The standard InChI is InChI=1S/C20H27N3O4/c24-17-6-9-20(21-17,11-8-19(26)27)10-7-18(25)23-14-12-22(13-15-23)16-4-2-1-3-5-16/h1-5H,6-15H2,(H,21,24)(H,26,27)/t20-/m1/s1. The molecule has 0 unspecified atom stereocenters. The van der Waals surface area contributed by atoms with Gasteiger partial charge in [0, 0.05) is 56.7 Å². The number of piperazine rings is 1. The van der Waals surface area contributed by atoms with Crippen molar-refractivity contribution in [3.63, 3.8) is 0 Å². The van der Waals surface area contributed by atoms with Crippen LogP contribution in [-0.2, 0) is 14.4 Å². The Morgan fingerprint density at radius 2 is 1.70 bits per heavy atom. The van der Waals surface area contributed by atoms with Gasteiger partial charge in [-0.3, -0.25) is 14.4 Å². The van der Waals surface area contributed by atoms with Crippen molar-refractivity contribution in [2.24, 2.45) is 0 Å². The first-order chi connectivity index (χ1) is 13.0. The average Bonchev–Trinajstić information content (AvgIpc) is 3.07. The van der Waals surface area contributed by atoms with Gasteiger partial charge in [-0.05, 0) is 31.4 Å². The minimum atomic E-state index is -0.876. The highest BCUT2D eigenvalue weighted by Crippen LogP contribution is 2.30. The first-order valence-electron chi connectivity index (χ1n) is 9.58. The molecule has 27 heavy (non-hydrogen) atoms. The minimum Gasteiger partial charge on any atom is -0.481 e. The maximum absolute atomic E-state index is 12.6. The maximum Gasteiger partial charge on any atom is 0.303 e. The Balaban J connectivity index is 1.50. The second-order valence-electron chi connectivity index (χ2n) is 7.43. The summed E-state index contributed by atoms with van der Waals surface area (Å²) < 4.78 is 0. The number of carboxylic acid groups (broad SMARTS) is 1. The van der Waals surface area contributed by atoms with E-state index in [0.29, 0.717) is 45.2 Å². The number of nitrogens with one attached hydrogen (secondary N) is 1. The van der Waals surface area contributed by atoms with Crippen molar-refractivity contribution in [2.45, 2.75) is 44.1 Å². The first-order valence-corrected chi connectivity index (χ1v) is 9.58. The molecule has 2 aliphatic rings. The van der Waals surface area contributed by atoms with Gasteiger partial charge in [0.25, 0.3) is 0 Å². The van der Waals surface area contributed by atoms with Gasteiger partial charge in [-0.25, -0.2) is 0 Å². The van der Waals surface area contributed by atoms with Gasteiger partial charge in [0.2, 0.25) is 11.8 Å². The summed E-state index contributed by atoms with van der Waals surface area (Å²) in [5, 5.41) is 11.9. The number of para-hydroxylation sites is 1. The minimum absolute atomic E-state index is 0.00419. The number of carboxylic acids is 1. The van der Waals surface area contributed by atoms with Gasteiger partial charge in [-0.1, -0.05) is 18.2 Å². The normalized spacial score (nSPS) is 22.6. The summed E-state index contributed by atoms with van der Waals surface area (Å²) >= 11 is 0. The molecule has 1 aromatic rings. The average molecular weight is 373 g/mol. The third kappa shape index (κ3) is 4.99. The summed E-state index contributed by atoms with van der Waals surface area (Å²) in [4.78, 5) is 39.4. The first kappa shape index (κ1) is 19.2. The number of aliphatic carboxylic acids is 1. The highest BCUT2D eigenvalue weighted by atomic mass is 16.4. The second-order valence-corrected chi connectivity index (χ2v) is 7.43. The molecular formula is C20H27N3O4. The van der Waals surface area contributed by atoms with Gasteiger partial charge in [-0.15, -0.1) is 0 Å². The van der Waals surface area contributed by atoms with Crippen LogP contribution in [0.5, 0.6) is 0 Å². The summed E-state index contributed by atoms with van der Waals surface area (Å²) in [7, 11) is 0. The van der Waals surface area contributed by atoms with E-state index in [4.69, 9.17) is 5.11 Å². The third-order valence-corrected chi connectivity index (χ3v) is 5.62. The number of hydrogen-bond acceptors (Lipinski definition) is 4. The van der Waals surface area contributed by atoms with Crippen LogP contribution in [0.15, 0.2) is 30.3 Å². The lowest BCUT2D eigenvalue weighted by molar-refractivity contribution is -0.137. The number of anilines is 1. The fourth-order valence-electron chi connectivity index (χ4n) is 3.98. The summed E-state index contributed by atoms with van der Waals surface area (Å²) in [5.74, 6) is -0.846. The molecule has 2 amide bonds. The summed E-state index contributed by atoms with van der Waals surface area (Å²) in [5.41, 5.74) is 0.627. The molecular weight excluding hydrogens is 346 g/mol. The van der Waals surface area contributed by atoms with Crippen molar-refractivity contribution in [1.29, 1.82) is 0 Å². The van der Waals surface area contributed by atoms with Crippen LogP contribution >= 0.6 is 0 Å². The van der Waals surface area contributed by atoms with E-state index in [0.717, 1.165) is 13.1 Å². The third-order valence-electron chi connectivity index (χ3n) is 5.62. The summed E-state index contributed by atoms with van der Waals surface area (Å²) in [6.45, 7) is 2.97. The van der Waals surface area contributed by atoms with E-state index in [9.17, 15) is 14.4 Å². The van der Waals surface area contributed by atoms with E-state index in [-0.39, 0.29) is 18.2 Å². The van der Waals surface area contributed by atoms with Gasteiger partial charge in [0.05, 0.1) is 0 Å². The number of carbonyl (C=O) groups excluding carboxylic acids is 2. The molecule has 0 radical (unpaired) electrons. The molecule has 1 atom stereocenters. The lowest BCUT2D eigenvalue weighted by atomic mass is 9.86. The number of nitrogens with zero attached hydrogens (tertiary/aromatic N) is 2. The fourth-order valence-corrected chi connectivity index (χ4v) is 3.98. The molecule has 2 heterocycles. The molecule has 0 aliphatic carbocycles. The van der Waals surface area contributed by atoms with Crippen molar-refractivity contribution >= 4 is 23.5 Å². The van der Waals surface area contributed by atoms with E-state index < -0.39 is 11.5 Å². The predicted molar refractivity (Wildman–Crippen MR) is 101 cm³/mol. The zero-order valence-corrected chi connectivity index (χ0v) is 15.5. The molecule has 1 aromatic carbocycles.